The number of ether oxygens (including phenoxy) is 3. The molecule has 0 saturated carbocycles. The van der Waals surface area contributed by atoms with Gasteiger partial charge >= 0.3 is 5.97 Å². The van der Waals surface area contributed by atoms with E-state index in [1.165, 1.54) is 30.3 Å². The van der Waals surface area contributed by atoms with E-state index in [1.54, 1.807) is 60.7 Å². The van der Waals surface area contributed by atoms with Crippen molar-refractivity contribution in [2.45, 2.75) is 6.61 Å². The number of nitriles is 2. The highest BCUT2D eigenvalue weighted by atomic mass is 16.6. The second-order valence-corrected chi connectivity index (χ2v) is 7.60. The van der Waals surface area contributed by atoms with Crippen molar-refractivity contribution in [2.24, 2.45) is 0 Å². The van der Waals surface area contributed by atoms with Gasteiger partial charge in [0.05, 0.1) is 16.1 Å². The Morgan fingerprint density at radius 1 is 0.784 bits per heavy atom. The fourth-order valence-electron chi connectivity index (χ4n) is 3.27. The third-order valence-electron chi connectivity index (χ3n) is 5.15. The van der Waals surface area contributed by atoms with Crippen LogP contribution in [-0.2, 0) is 11.3 Å². The summed E-state index contributed by atoms with van der Waals surface area (Å²) in [5.74, 6) is 1.10. The van der Waals surface area contributed by atoms with Crippen molar-refractivity contribution >= 4 is 11.7 Å². The van der Waals surface area contributed by atoms with Crippen LogP contribution < -0.4 is 9.47 Å². The molecule has 9 heteroatoms. The standard InChI is InChI=1S/C28H17N3O6/c29-16-21-2-1-3-27(26(21)17-30)37-25-12-6-20(7-13-25)28(32)35-18-19-4-10-23(11-5-19)36-24-14-8-22(9-15-24)31(33)34/h1-15H,18H2. The molecule has 0 bridgehead atoms. The molecule has 0 aromatic heterocycles. The van der Waals surface area contributed by atoms with Crippen LogP contribution in [0, 0.1) is 32.8 Å². The van der Waals surface area contributed by atoms with Crippen molar-refractivity contribution in [3.63, 3.8) is 0 Å². The predicted molar refractivity (Wildman–Crippen MR) is 131 cm³/mol. The van der Waals surface area contributed by atoms with Crippen LogP contribution >= 0.6 is 0 Å². The van der Waals surface area contributed by atoms with Gasteiger partial charge in [-0.3, -0.25) is 10.1 Å². The molecule has 9 nitrogen and oxygen atoms in total. The number of benzene rings is 4. The van der Waals surface area contributed by atoms with Crippen LogP contribution in [0.2, 0.25) is 0 Å². The molecule has 0 atom stereocenters. The summed E-state index contributed by atoms with van der Waals surface area (Å²) in [6.45, 7) is 0.0430. The predicted octanol–water partition coefficient (Wildman–Crippen LogP) is 6.28. The molecule has 37 heavy (non-hydrogen) atoms. The van der Waals surface area contributed by atoms with Crippen LogP contribution in [-0.4, -0.2) is 10.9 Å². The summed E-state index contributed by atoms with van der Waals surface area (Å²) >= 11 is 0. The van der Waals surface area contributed by atoms with Gasteiger partial charge in [0, 0.05) is 12.1 Å². The Morgan fingerprint density at radius 3 is 1.97 bits per heavy atom. The number of carbonyl (C=O) groups excluding carboxylic acids is 1. The maximum Gasteiger partial charge on any atom is 0.338 e. The monoisotopic (exact) mass is 491 g/mol. The number of nitro benzene ring substituents is 1. The van der Waals surface area contributed by atoms with Crippen LogP contribution in [0.4, 0.5) is 5.69 Å². The molecule has 0 saturated heterocycles. The van der Waals surface area contributed by atoms with E-state index in [0.29, 0.717) is 22.8 Å². The number of carbonyl (C=O) groups is 1. The van der Waals surface area contributed by atoms with Gasteiger partial charge in [0.25, 0.3) is 5.69 Å². The number of non-ortho nitro benzene ring substituents is 1. The maximum absolute atomic E-state index is 12.4. The fraction of sp³-hybridized carbons (Fsp3) is 0.0357. The van der Waals surface area contributed by atoms with Gasteiger partial charge in [0.2, 0.25) is 0 Å². The highest BCUT2D eigenvalue weighted by Crippen LogP contribution is 2.28. The van der Waals surface area contributed by atoms with Gasteiger partial charge in [0.15, 0.2) is 0 Å². The van der Waals surface area contributed by atoms with Gasteiger partial charge in [-0.2, -0.15) is 10.5 Å². The van der Waals surface area contributed by atoms with Crippen LogP contribution in [0.15, 0.2) is 91.0 Å². The van der Waals surface area contributed by atoms with Crippen molar-refractivity contribution in [2.75, 3.05) is 0 Å². The summed E-state index contributed by atoms with van der Waals surface area (Å²) in [6.07, 6.45) is 0. The molecule has 0 radical (unpaired) electrons. The van der Waals surface area contributed by atoms with Gasteiger partial charge in [-0.05, 0) is 66.2 Å². The van der Waals surface area contributed by atoms with E-state index in [4.69, 9.17) is 19.5 Å². The molecule has 0 N–H and O–H groups in total. The van der Waals surface area contributed by atoms with E-state index >= 15 is 0 Å². The minimum absolute atomic E-state index is 0.0230. The Bertz CT molecular complexity index is 1520. The van der Waals surface area contributed by atoms with E-state index in [9.17, 15) is 20.2 Å². The van der Waals surface area contributed by atoms with Crippen LogP contribution in [0.3, 0.4) is 0 Å². The van der Waals surface area contributed by atoms with E-state index in [1.807, 2.05) is 12.1 Å². The van der Waals surface area contributed by atoms with Crippen molar-refractivity contribution < 1.29 is 23.9 Å². The Morgan fingerprint density at radius 2 is 1.38 bits per heavy atom. The van der Waals surface area contributed by atoms with Crippen LogP contribution in [0.1, 0.15) is 27.0 Å². The zero-order valence-corrected chi connectivity index (χ0v) is 19.2. The summed E-state index contributed by atoms with van der Waals surface area (Å²) in [6, 6.07) is 27.5. The second kappa shape index (κ2) is 11.2. The summed E-state index contributed by atoms with van der Waals surface area (Å²) in [5.41, 5.74) is 1.39. The second-order valence-electron chi connectivity index (χ2n) is 7.60. The molecular weight excluding hydrogens is 474 g/mol. The molecule has 0 heterocycles. The highest BCUT2D eigenvalue weighted by Gasteiger charge is 2.12. The average molecular weight is 491 g/mol. The number of hydrogen-bond acceptors (Lipinski definition) is 8. The zero-order chi connectivity index (χ0) is 26.2. The largest absolute Gasteiger partial charge is 0.457 e. The molecule has 180 valence electrons. The molecule has 0 aliphatic rings. The summed E-state index contributed by atoms with van der Waals surface area (Å²) in [7, 11) is 0. The molecule has 0 unspecified atom stereocenters. The quantitative estimate of drug-likeness (QED) is 0.160. The lowest BCUT2D eigenvalue weighted by Crippen LogP contribution is -2.05. The minimum Gasteiger partial charge on any atom is -0.457 e. The van der Waals surface area contributed by atoms with E-state index in [0.717, 1.165) is 5.56 Å². The number of rotatable bonds is 8. The fourth-order valence-corrected chi connectivity index (χ4v) is 3.27. The number of hydrogen-bond donors (Lipinski definition) is 0. The molecule has 4 aromatic rings. The lowest BCUT2D eigenvalue weighted by atomic mass is 10.1. The lowest BCUT2D eigenvalue weighted by molar-refractivity contribution is -0.384. The topological polar surface area (TPSA) is 135 Å². The minimum atomic E-state index is -0.526. The lowest BCUT2D eigenvalue weighted by Gasteiger charge is -2.10. The first-order valence-electron chi connectivity index (χ1n) is 10.9. The summed E-state index contributed by atoms with van der Waals surface area (Å²) in [5, 5.41) is 29.2. The van der Waals surface area contributed by atoms with Gasteiger partial charge < -0.3 is 14.2 Å². The molecule has 0 aliphatic carbocycles. The Balaban J connectivity index is 1.32. The number of esters is 1. The van der Waals surface area contributed by atoms with Gasteiger partial charge in [-0.15, -0.1) is 0 Å². The Hall–Kier alpha value is -5.67. The summed E-state index contributed by atoms with van der Waals surface area (Å²) in [4.78, 5) is 22.7. The van der Waals surface area contributed by atoms with Crippen molar-refractivity contribution in [1.82, 2.24) is 0 Å². The van der Waals surface area contributed by atoms with Gasteiger partial charge in [0.1, 0.15) is 47.3 Å². The molecule has 0 amide bonds. The first kappa shape index (κ1) is 24.5. The van der Waals surface area contributed by atoms with Crippen LogP contribution in [0.25, 0.3) is 0 Å². The smallest absolute Gasteiger partial charge is 0.338 e. The Labute approximate surface area is 211 Å². The molecule has 0 aliphatic heterocycles. The molecule has 0 spiro atoms. The molecule has 0 fully saturated rings. The third kappa shape index (κ3) is 6.07. The van der Waals surface area contributed by atoms with E-state index in [-0.39, 0.29) is 29.2 Å². The van der Waals surface area contributed by atoms with Crippen molar-refractivity contribution in [3.8, 4) is 35.1 Å². The van der Waals surface area contributed by atoms with Gasteiger partial charge in [-0.1, -0.05) is 18.2 Å². The Kier molecular flexibility index (Phi) is 7.38. The van der Waals surface area contributed by atoms with Gasteiger partial charge in [-0.25, -0.2) is 4.79 Å². The van der Waals surface area contributed by atoms with E-state index in [2.05, 4.69) is 0 Å². The van der Waals surface area contributed by atoms with Crippen molar-refractivity contribution in [1.29, 1.82) is 10.5 Å². The highest BCUT2D eigenvalue weighted by molar-refractivity contribution is 5.89. The first-order valence-corrected chi connectivity index (χ1v) is 10.9. The SMILES string of the molecule is N#Cc1cccc(Oc2ccc(C(=O)OCc3ccc(Oc4ccc([N+](=O)[O-])cc4)cc3)cc2)c1C#N. The first-order chi connectivity index (χ1) is 18.0. The molecular formula is C28H17N3O6. The van der Waals surface area contributed by atoms with Crippen LogP contribution in [0.5, 0.6) is 23.0 Å². The molecule has 4 rings (SSSR count). The van der Waals surface area contributed by atoms with Crippen molar-refractivity contribution in [3.05, 3.63) is 123 Å². The number of nitrogens with zero attached hydrogens (tertiary/aromatic N) is 3. The third-order valence-corrected chi connectivity index (χ3v) is 5.15. The average Bonchev–Trinajstić information content (AvgIpc) is 2.93. The van der Waals surface area contributed by atoms with E-state index < -0.39 is 10.9 Å². The maximum atomic E-state index is 12.4. The zero-order valence-electron chi connectivity index (χ0n) is 19.2. The number of nitro groups is 1. The summed E-state index contributed by atoms with van der Waals surface area (Å²) < 4.78 is 16.7. The molecule has 4 aromatic carbocycles. The normalized spacial score (nSPS) is 10.0.